The minimum atomic E-state index is 0.117. The van der Waals surface area contributed by atoms with Crippen molar-refractivity contribution in [3.8, 4) is 0 Å². The molecule has 2 unspecified atom stereocenters. The third-order valence-corrected chi connectivity index (χ3v) is 4.14. The van der Waals surface area contributed by atoms with E-state index in [4.69, 9.17) is 4.74 Å². The molecule has 0 aromatic rings. The minimum Gasteiger partial charge on any atom is -0.377 e. The molecule has 2 heterocycles. The van der Waals surface area contributed by atoms with E-state index in [0.717, 1.165) is 45.4 Å². The maximum atomic E-state index is 12.4. The van der Waals surface area contributed by atoms with Crippen molar-refractivity contribution < 1.29 is 9.53 Å². The summed E-state index contributed by atoms with van der Waals surface area (Å²) in [5, 5.41) is 3.29. The molecular formula is C13H24N2O2. The van der Waals surface area contributed by atoms with Crippen LogP contribution in [0.2, 0.25) is 0 Å². The van der Waals surface area contributed by atoms with Gasteiger partial charge in [0.25, 0.3) is 0 Å². The largest absolute Gasteiger partial charge is 0.377 e. The normalized spacial score (nSPS) is 30.8. The van der Waals surface area contributed by atoms with E-state index in [-0.39, 0.29) is 12.0 Å². The lowest BCUT2D eigenvalue weighted by molar-refractivity contribution is -0.138. The summed E-state index contributed by atoms with van der Waals surface area (Å²) < 4.78 is 5.61. The maximum Gasteiger partial charge on any atom is 0.228 e. The molecule has 2 atom stereocenters. The number of hydrogen-bond donors (Lipinski definition) is 1. The minimum absolute atomic E-state index is 0.117. The van der Waals surface area contributed by atoms with Crippen LogP contribution in [0.4, 0.5) is 0 Å². The monoisotopic (exact) mass is 240 g/mol. The number of nitrogens with zero attached hydrogens (tertiary/aromatic N) is 1. The fraction of sp³-hybridized carbons (Fsp3) is 0.923. The first-order valence-electron chi connectivity index (χ1n) is 6.84. The smallest absolute Gasteiger partial charge is 0.228 e. The highest BCUT2D eigenvalue weighted by atomic mass is 16.5. The van der Waals surface area contributed by atoms with Gasteiger partial charge in [0.1, 0.15) is 0 Å². The molecule has 1 N–H and O–H groups in total. The summed E-state index contributed by atoms with van der Waals surface area (Å²) in [5.74, 6) is 0.440. The average molecular weight is 240 g/mol. The average Bonchev–Trinajstić information content (AvgIpc) is 2.86. The van der Waals surface area contributed by atoms with Crippen LogP contribution in [-0.2, 0) is 9.53 Å². The van der Waals surface area contributed by atoms with Gasteiger partial charge in [-0.25, -0.2) is 0 Å². The Morgan fingerprint density at radius 1 is 1.35 bits per heavy atom. The van der Waals surface area contributed by atoms with Crippen LogP contribution in [0, 0.1) is 5.92 Å². The third kappa shape index (κ3) is 2.80. The molecule has 0 bridgehead atoms. The lowest BCUT2D eigenvalue weighted by Crippen LogP contribution is -2.47. The number of carbonyl (C=O) groups excluding carboxylic acids is 1. The van der Waals surface area contributed by atoms with Gasteiger partial charge in [-0.1, -0.05) is 6.92 Å². The molecule has 0 spiro atoms. The Morgan fingerprint density at radius 2 is 2.06 bits per heavy atom. The van der Waals surface area contributed by atoms with E-state index in [9.17, 15) is 4.79 Å². The van der Waals surface area contributed by atoms with Gasteiger partial charge in [0.15, 0.2) is 0 Å². The topological polar surface area (TPSA) is 41.6 Å². The lowest BCUT2D eigenvalue weighted by Gasteiger charge is -2.34. The second-order valence-corrected chi connectivity index (χ2v) is 5.10. The number of ether oxygens (including phenoxy) is 1. The molecular weight excluding hydrogens is 216 g/mol. The first kappa shape index (κ1) is 12.8. The van der Waals surface area contributed by atoms with E-state index in [0.29, 0.717) is 11.9 Å². The molecule has 2 fully saturated rings. The Hall–Kier alpha value is -0.610. The van der Waals surface area contributed by atoms with Gasteiger partial charge in [0, 0.05) is 25.7 Å². The van der Waals surface area contributed by atoms with Gasteiger partial charge in [0.05, 0.1) is 12.0 Å². The van der Waals surface area contributed by atoms with Crippen LogP contribution in [0.15, 0.2) is 0 Å². The van der Waals surface area contributed by atoms with Crippen LogP contribution in [0.25, 0.3) is 0 Å². The van der Waals surface area contributed by atoms with Crippen molar-refractivity contribution in [2.75, 3.05) is 26.7 Å². The Labute approximate surface area is 104 Å². The second kappa shape index (κ2) is 5.83. The summed E-state index contributed by atoms with van der Waals surface area (Å²) >= 11 is 0. The molecule has 2 rings (SSSR count). The van der Waals surface area contributed by atoms with E-state index in [1.165, 1.54) is 0 Å². The molecule has 1 amide bonds. The van der Waals surface area contributed by atoms with Gasteiger partial charge in [0.2, 0.25) is 5.91 Å². The standard InChI is InChI=1S/C13H24N2O2/c1-3-12-11(6-9-17-12)13(16)15-7-4-10(14-2)5-8-15/h10-12,14H,3-9H2,1-2H3. The van der Waals surface area contributed by atoms with Crippen LogP contribution in [0.3, 0.4) is 0 Å². The van der Waals surface area contributed by atoms with E-state index >= 15 is 0 Å². The van der Waals surface area contributed by atoms with Gasteiger partial charge in [-0.2, -0.15) is 0 Å². The number of carbonyl (C=O) groups is 1. The fourth-order valence-electron chi connectivity index (χ4n) is 2.96. The molecule has 2 aliphatic rings. The number of likely N-dealkylation sites (tertiary alicyclic amines) is 1. The number of nitrogens with one attached hydrogen (secondary N) is 1. The van der Waals surface area contributed by atoms with Crippen molar-refractivity contribution in [1.29, 1.82) is 0 Å². The van der Waals surface area contributed by atoms with Crippen molar-refractivity contribution in [3.05, 3.63) is 0 Å². The van der Waals surface area contributed by atoms with E-state index in [1.54, 1.807) is 0 Å². The van der Waals surface area contributed by atoms with Gasteiger partial charge in [-0.05, 0) is 32.7 Å². The zero-order chi connectivity index (χ0) is 12.3. The summed E-state index contributed by atoms with van der Waals surface area (Å²) in [6, 6.07) is 0.584. The summed E-state index contributed by atoms with van der Waals surface area (Å²) in [7, 11) is 2.00. The van der Waals surface area contributed by atoms with Gasteiger partial charge in [-0.3, -0.25) is 4.79 Å². The molecule has 0 radical (unpaired) electrons. The Balaban J connectivity index is 1.88. The van der Waals surface area contributed by atoms with Crippen LogP contribution in [-0.4, -0.2) is 49.7 Å². The van der Waals surface area contributed by atoms with E-state index in [1.807, 2.05) is 11.9 Å². The molecule has 0 aromatic carbocycles. The zero-order valence-corrected chi connectivity index (χ0v) is 10.9. The zero-order valence-electron chi connectivity index (χ0n) is 10.9. The van der Waals surface area contributed by atoms with Crippen molar-refractivity contribution in [2.24, 2.45) is 5.92 Å². The molecule has 0 aliphatic carbocycles. The maximum absolute atomic E-state index is 12.4. The molecule has 4 heteroatoms. The van der Waals surface area contributed by atoms with Gasteiger partial charge in [-0.15, -0.1) is 0 Å². The van der Waals surface area contributed by atoms with Crippen molar-refractivity contribution in [1.82, 2.24) is 10.2 Å². The molecule has 2 saturated heterocycles. The highest BCUT2D eigenvalue weighted by Gasteiger charge is 2.36. The van der Waals surface area contributed by atoms with Crippen LogP contribution >= 0.6 is 0 Å². The third-order valence-electron chi connectivity index (χ3n) is 4.14. The first-order chi connectivity index (χ1) is 8.26. The number of rotatable bonds is 3. The van der Waals surface area contributed by atoms with Crippen molar-refractivity contribution in [2.45, 2.75) is 44.8 Å². The molecule has 2 aliphatic heterocycles. The van der Waals surface area contributed by atoms with Gasteiger partial charge >= 0.3 is 0 Å². The molecule has 0 aromatic heterocycles. The molecule has 0 saturated carbocycles. The Bertz CT molecular complexity index is 262. The van der Waals surface area contributed by atoms with Crippen LogP contribution < -0.4 is 5.32 Å². The molecule has 17 heavy (non-hydrogen) atoms. The highest BCUT2D eigenvalue weighted by Crippen LogP contribution is 2.26. The van der Waals surface area contributed by atoms with Crippen LogP contribution in [0.5, 0.6) is 0 Å². The highest BCUT2D eigenvalue weighted by molar-refractivity contribution is 5.79. The van der Waals surface area contributed by atoms with E-state index < -0.39 is 0 Å². The number of amides is 1. The fourth-order valence-corrected chi connectivity index (χ4v) is 2.96. The summed E-state index contributed by atoms with van der Waals surface area (Å²) in [5.41, 5.74) is 0. The Kier molecular flexibility index (Phi) is 4.40. The first-order valence-corrected chi connectivity index (χ1v) is 6.84. The van der Waals surface area contributed by atoms with Gasteiger partial charge < -0.3 is 15.0 Å². The van der Waals surface area contributed by atoms with Crippen molar-refractivity contribution >= 4 is 5.91 Å². The van der Waals surface area contributed by atoms with E-state index in [2.05, 4.69) is 12.2 Å². The predicted octanol–water partition coefficient (Wildman–Crippen LogP) is 1.01. The van der Waals surface area contributed by atoms with Crippen LogP contribution in [0.1, 0.15) is 32.6 Å². The van der Waals surface area contributed by atoms with Crippen molar-refractivity contribution in [3.63, 3.8) is 0 Å². The lowest BCUT2D eigenvalue weighted by atomic mass is 9.96. The molecule has 98 valence electrons. The number of hydrogen-bond acceptors (Lipinski definition) is 3. The predicted molar refractivity (Wildman–Crippen MR) is 66.8 cm³/mol. The molecule has 4 nitrogen and oxygen atoms in total. The Morgan fingerprint density at radius 3 is 2.65 bits per heavy atom. The summed E-state index contributed by atoms with van der Waals surface area (Å²) in [6.45, 7) is 4.65. The summed E-state index contributed by atoms with van der Waals surface area (Å²) in [6.07, 6.45) is 4.16. The second-order valence-electron chi connectivity index (χ2n) is 5.10. The SMILES string of the molecule is CCC1OCCC1C(=O)N1CCC(NC)CC1. The summed E-state index contributed by atoms with van der Waals surface area (Å²) in [4.78, 5) is 14.4. The number of piperidine rings is 1. The quantitative estimate of drug-likeness (QED) is 0.800.